The second-order valence-electron chi connectivity index (χ2n) is 8.40. The van der Waals surface area contributed by atoms with E-state index >= 15 is 0 Å². The van der Waals surface area contributed by atoms with E-state index in [4.69, 9.17) is 4.52 Å². The summed E-state index contributed by atoms with van der Waals surface area (Å²) in [5, 5.41) is 5.64. The highest BCUT2D eigenvalue weighted by atomic mass is 16.5. The Morgan fingerprint density at radius 3 is 3.00 bits per heavy atom. The van der Waals surface area contributed by atoms with Crippen molar-refractivity contribution in [2.75, 3.05) is 13.1 Å². The molecule has 2 aromatic rings. The van der Waals surface area contributed by atoms with Crippen molar-refractivity contribution >= 4 is 11.8 Å². The van der Waals surface area contributed by atoms with Crippen molar-refractivity contribution in [1.82, 2.24) is 30.5 Å². The first-order valence-corrected chi connectivity index (χ1v) is 10.1. The SMILES string of the molecule is Cc1ccc(C(=O)N2NC(=O)CC23CCCN(Cc2noc(C4CC4)n2)C3)cn1. The van der Waals surface area contributed by atoms with Crippen LogP contribution in [0.15, 0.2) is 22.9 Å². The van der Waals surface area contributed by atoms with Crippen LogP contribution in [-0.2, 0) is 11.3 Å². The molecule has 2 aromatic heterocycles. The minimum absolute atomic E-state index is 0.129. The molecule has 3 aliphatic rings. The van der Waals surface area contributed by atoms with Crippen LogP contribution in [0.5, 0.6) is 0 Å². The Balaban J connectivity index is 1.34. The number of aromatic nitrogens is 3. The van der Waals surface area contributed by atoms with Crippen LogP contribution in [0, 0.1) is 6.92 Å². The Morgan fingerprint density at radius 1 is 1.38 bits per heavy atom. The number of carbonyl (C=O) groups is 2. The lowest BCUT2D eigenvalue weighted by molar-refractivity contribution is -0.120. The summed E-state index contributed by atoms with van der Waals surface area (Å²) < 4.78 is 5.37. The van der Waals surface area contributed by atoms with Gasteiger partial charge in [-0.05, 0) is 51.3 Å². The van der Waals surface area contributed by atoms with E-state index < -0.39 is 5.54 Å². The fourth-order valence-electron chi connectivity index (χ4n) is 4.35. The molecule has 5 rings (SSSR count). The van der Waals surface area contributed by atoms with Crippen molar-refractivity contribution < 1.29 is 14.1 Å². The summed E-state index contributed by atoms with van der Waals surface area (Å²) >= 11 is 0. The van der Waals surface area contributed by atoms with Gasteiger partial charge in [-0.1, -0.05) is 5.16 Å². The molecule has 3 fully saturated rings. The Kier molecular flexibility index (Phi) is 4.34. The van der Waals surface area contributed by atoms with Gasteiger partial charge in [0.2, 0.25) is 11.8 Å². The van der Waals surface area contributed by atoms with Gasteiger partial charge in [0.25, 0.3) is 5.91 Å². The molecule has 1 N–H and O–H groups in total. The van der Waals surface area contributed by atoms with E-state index in [0.717, 1.165) is 43.8 Å². The number of hydrogen-bond acceptors (Lipinski definition) is 7. The normalized spacial score (nSPS) is 24.9. The zero-order chi connectivity index (χ0) is 20.0. The molecule has 2 amide bonds. The van der Waals surface area contributed by atoms with E-state index in [1.165, 1.54) is 5.01 Å². The standard InChI is InChI=1S/C20H24N6O3/c1-13-3-4-15(10-21-13)19(28)26-20(9-17(27)23-26)7-2-8-25(12-20)11-16-22-18(29-24-16)14-5-6-14/h3-4,10,14H,2,5-9,11-12H2,1H3,(H,23,27). The number of hydrazine groups is 1. The lowest BCUT2D eigenvalue weighted by Crippen LogP contribution is -2.59. The van der Waals surface area contributed by atoms with Gasteiger partial charge in [0.1, 0.15) is 0 Å². The average molecular weight is 396 g/mol. The maximum atomic E-state index is 13.1. The topological polar surface area (TPSA) is 104 Å². The molecular weight excluding hydrogens is 372 g/mol. The summed E-state index contributed by atoms with van der Waals surface area (Å²) in [5.74, 6) is 1.48. The highest BCUT2D eigenvalue weighted by Crippen LogP contribution is 2.39. The zero-order valence-electron chi connectivity index (χ0n) is 16.4. The highest BCUT2D eigenvalue weighted by Gasteiger charge is 2.50. The van der Waals surface area contributed by atoms with E-state index in [2.05, 4.69) is 25.5 Å². The van der Waals surface area contributed by atoms with Gasteiger partial charge in [-0.25, -0.2) is 5.01 Å². The third-order valence-electron chi connectivity index (χ3n) is 5.97. The minimum atomic E-state index is -0.569. The molecule has 1 unspecified atom stereocenters. The number of rotatable bonds is 4. The Bertz CT molecular complexity index is 938. The zero-order valence-corrected chi connectivity index (χ0v) is 16.4. The van der Waals surface area contributed by atoms with Crippen LogP contribution in [0.1, 0.15) is 65.8 Å². The Hall–Kier alpha value is -2.81. The van der Waals surface area contributed by atoms with E-state index in [0.29, 0.717) is 36.8 Å². The van der Waals surface area contributed by atoms with Gasteiger partial charge in [0.15, 0.2) is 5.82 Å². The number of amides is 2. The van der Waals surface area contributed by atoms with E-state index in [1.54, 1.807) is 18.3 Å². The van der Waals surface area contributed by atoms with Crippen molar-refractivity contribution in [2.24, 2.45) is 0 Å². The summed E-state index contributed by atoms with van der Waals surface area (Å²) in [5.41, 5.74) is 3.53. The first kappa shape index (κ1) is 18.2. The molecule has 4 heterocycles. The highest BCUT2D eigenvalue weighted by molar-refractivity contribution is 5.97. The van der Waals surface area contributed by atoms with E-state index in [-0.39, 0.29) is 11.8 Å². The van der Waals surface area contributed by atoms with Gasteiger partial charge in [-0.15, -0.1) is 0 Å². The molecule has 29 heavy (non-hydrogen) atoms. The lowest BCUT2D eigenvalue weighted by Gasteiger charge is -2.43. The van der Waals surface area contributed by atoms with Crippen LogP contribution in [-0.4, -0.2) is 55.5 Å². The van der Waals surface area contributed by atoms with Crippen molar-refractivity contribution in [1.29, 1.82) is 0 Å². The van der Waals surface area contributed by atoms with Crippen molar-refractivity contribution in [3.05, 3.63) is 41.3 Å². The third kappa shape index (κ3) is 3.50. The van der Waals surface area contributed by atoms with Gasteiger partial charge in [0, 0.05) is 24.4 Å². The van der Waals surface area contributed by atoms with E-state index in [9.17, 15) is 9.59 Å². The number of likely N-dealkylation sites (tertiary alicyclic amines) is 1. The summed E-state index contributed by atoms with van der Waals surface area (Å²) in [6, 6.07) is 3.56. The monoisotopic (exact) mass is 396 g/mol. The molecule has 0 radical (unpaired) electrons. The Morgan fingerprint density at radius 2 is 2.24 bits per heavy atom. The molecule has 2 aliphatic heterocycles. The number of aryl methyl sites for hydroxylation is 1. The van der Waals surface area contributed by atoms with E-state index in [1.807, 2.05) is 6.92 Å². The third-order valence-corrected chi connectivity index (χ3v) is 5.97. The van der Waals surface area contributed by atoms with Crippen molar-refractivity contribution in [3.8, 4) is 0 Å². The van der Waals surface area contributed by atoms with Crippen molar-refractivity contribution in [3.63, 3.8) is 0 Å². The molecule has 1 spiro atoms. The first-order valence-electron chi connectivity index (χ1n) is 10.1. The molecule has 0 aromatic carbocycles. The number of carbonyl (C=O) groups excluding carboxylic acids is 2. The fourth-order valence-corrected chi connectivity index (χ4v) is 4.35. The van der Waals surface area contributed by atoms with Crippen LogP contribution in [0.4, 0.5) is 0 Å². The smallest absolute Gasteiger partial charge is 0.274 e. The van der Waals surface area contributed by atoms with Crippen LogP contribution >= 0.6 is 0 Å². The van der Waals surface area contributed by atoms with Crippen LogP contribution in [0.2, 0.25) is 0 Å². The number of pyridine rings is 1. The second-order valence-corrected chi connectivity index (χ2v) is 8.40. The minimum Gasteiger partial charge on any atom is -0.339 e. The number of nitrogens with zero attached hydrogens (tertiary/aromatic N) is 5. The first-order chi connectivity index (χ1) is 14.0. The van der Waals surface area contributed by atoms with Gasteiger partial charge in [0.05, 0.1) is 24.1 Å². The van der Waals surface area contributed by atoms with Crippen LogP contribution in [0.3, 0.4) is 0 Å². The quantitative estimate of drug-likeness (QED) is 0.836. The van der Waals surface area contributed by atoms with Gasteiger partial charge < -0.3 is 4.52 Å². The summed E-state index contributed by atoms with van der Waals surface area (Å²) in [7, 11) is 0. The largest absolute Gasteiger partial charge is 0.339 e. The molecule has 0 bridgehead atoms. The molecule has 9 heteroatoms. The maximum absolute atomic E-state index is 13.1. The predicted octanol–water partition coefficient (Wildman–Crippen LogP) is 1.56. The molecule has 1 aliphatic carbocycles. The maximum Gasteiger partial charge on any atom is 0.274 e. The van der Waals surface area contributed by atoms with Gasteiger partial charge in [-0.3, -0.25) is 24.9 Å². The van der Waals surface area contributed by atoms with Crippen LogP contribution in [0.25, 0.3) is 0 Å². The van der Waals surface area contributed by atoms with Gasteiger partial charge >= 0.3 is 0 Å². The molecular formula is C20H24N6O3. The average Bonchev–Trinajstić information content (AvgIpc) is 3.37. The second kappa shape index (κ2) is 6.91. The molecule has 2 saturated heterocycles. The number of piperidine rings is 1. The summed E-state index contributed by atoms with van der Waals surface area (Å²) in [4.78, 5) is 36.4. The lowest BCUT2D eigenvalue weighted by atomic mass is 9.85. The Labute approximate surface area is 168 Å². The van der Waals surface area contributed by atoms with Crippen LogP contribution < -0.4 is 5.43 Å². The number of nitrogens with one attached hydrogen (secondary N) is 1. The molecule has 1 saturated carbocycles. The molecule has 152 valence electrons. The van der Waals surface area contributed by atoms with Gasteiger partial charge in [-0.2, -0.15) is 4.98 Å². The summed E-state index contributed by atoms with van der Waals surface area (Å²) in [6.45, 7) is 3.89. The molecule has 1 atom stereocenters. The molecule has 9 nitrogen and oxygen atoms in total. The summed E-state index contributed by atoms with van der Waals surface area (Å²) in [6.07, 6.45) is 5.76. The predicted molar refractivity (Wildman–Crippen MR) is 101 cm³/mol. The number of hydrogen-bond donors (Lipinski definition) is 1. The van der Waals surface area contributed by atoms with Crippen molar-refractivity contribution in [2.45, 2.75) is 57.0 Å². The fraction of sp³-hybridized carbons (Fsp3) is 0.550.